The van der Waals surface area contributed by atoms with E-state index in [-0.39, 0.29) is 6.03 Å². The number of ether oxygens (including phenoxy) is 1. The summed E-state index contributed by atoms with van der Waals surface area (Å²) in [5, 5.41) is 2.81. The molecule has 5 nitrogen and oxygen atoms in total. The van der Waals surface area contributed by atoms with Crippen LogP contribution in [-0.2, 0) is 11.3 Å². The lowest BCUT2D eigenvalue weighted by molar-refractivity contribution is 0.151. The van der Waals surface area contributed by atoms with Crippen LogP contribution >= 0.6 is 0 Å². The molecule has 0 atom stereocenters. The van der Waals surface area contributed by atoms with E-state index >= 15 is 0 Å². The first-order valence-corrected chi connectivity index (χ1v) is 5.14. The van der Waals surface area contributed by atoms with Crippen molar-refractivity contribution in [2.24, 2.45) is 0 Å². The van der Waals surface area contributed by atoms with Crippen LogP contribution in [0, 0.1) is 0 Å². The molecule has 0 aromatic heterocycles. The molecule has 1 aliphatic heterocycles. The van der Waals surface area contributed by atoms with Crippen molar-refractivity contribution < 1.29 is 9.53 Å². The highest BCUT2D eigenvalue weighted by atomic mass is 16.5. The predicted molar refractivity (Wildman–Crippen MR) is 62.2 cm³/mol. The molecule has 0 saturated heterocycles. The van der Waals surface area contributed by atoms with Gasteiger partial charge < -0.3 is 20.7 Å². The molecule has 1 heterocycles. The molecule has 16 heavy (non-hydrogen) atoms. The summed E-state index contributed by atoms with van der Waals surface area (Å²) in [7, 11) is 1.62. The lowest BCUT2D eigenvalue weighted by Gasteiger charge is -2.29. The summed E-state index contributed by atoms with van der Waals surface area (Å²) in [5.41, 5.74) is 8.19. The van der Waals surface area contributed by atoms with Crippen LogP contribution in [0.2, 0.25) is 0 Å². The molecule has 1 aromatic rings. The van der Waals surface area contributed by atoms with Crippen molar-refractivity contribution in [2.45, 2.75) is 6.54 Å². The molecule has 2 amide bonds. The number of nitrogens with zero attached hydrogens (tertiary/aromatic N) is 1. The average Bonchev–Trinajstić information content (AvgIpc) is 2.26. The summed E-state index contributed by atoms with van der Waals surface area (Å²) in [6.07, 6.45) is 0. The average molecular weight is 221 g/mol. The van der Waals surface area contributed by atoms with Gasteiger partial charge in [-0.05, 0) is 17.7 Å². The second-order valence-corrected chi connectivity index (χ2v) is 3.76. The monoisotopic (exact) mass is 221 g/mol. The van der Waals surface area contributed by atoms with Crippen LogP contribution in [0.4, 0.5) is 16.2 Å². The van der Waals surface area contributed by atoms with Crippen LogP contribution in [0.3, 0.4) is 0 Å². The molecule has 2 rings (SSSR count). The maximum absolute atomic E-state index is 11.7. The van der Waals surface area contributed by atoms with Crippen molar-refractivity contribution in [2.75, 3.05) is 31.3 Å². The van der Waals surface area contributed by atoms with Gasteiger partial charge in [-0.1, -0.05) is 6.07 Å². The molecular formula is C11H15N3O2. The second kappa shape index (κ2) is 4.40. The third-order valence-electron chi connectivity index (χ3n) is 2.59. The molecule has 0 radical (unpaired) electrons. The Kier molecular flexibility index (Phi) is 2.96. The number of benzene rings is 1. The van der Waals surface area contributed by atoms with Gasteiger partial charge >= 0.3 is 6.03 Å². The van der Waals surface area contributed by atoms with E-state index in [9.17, 15) is 4.79 Å². The fourth-order valence-corrected chi connectivity index (χ4v) is 1.70. The van der Waals surface area contributed by atoms with Gasteiger partial charge in [0.05, 0.1) is 6.61 Å². The zero-order valence-electron chi connectivity index (χ0n) is 9.19. The summed E-state index contributed by atoms with van der Waals surface area (Å²) in [5.74, 6) is 0. The van der Waals surface area contributed by atoms with Gasteiger partial charge in [0.15, 0.2) is 0 Å². The smallest absolute Gasteiger partial charge is 0.322 e. The van der Waals surface area contributed by atoms with E-state index in [1.54, 1.807) is 18.1 Å². The van der Waals surface area contributed by atoms with Gasteiger partial charge in [0.1, 0.15) is 0 Å². The Bertz CT molecular complexity index is 406. The summed E-state index contributed by atoms with van der Waals surface area (Å²) in [6.45, 7) is 1.73. The first kappa shape index (κ1) is 10.8. The van der Waals surface area contributed by atoms with Crippen LogP contribution in [0.15, 0.2) is 18.2 Å². The van der Waals surface area contributed by atoms with Gasteiger partial charge in [-0.25, -0.2) is 4.79 Å². The van der Waals surface area contributed by atoms with Crippen LogP contribution in [0.5, 0.6) is 0 Å². The van der Waals surface area contributed by atoms with Gasteiger partial charge in [-0.2, -0.15) is 0 Å². The fraction of sp³-hybridized carbons (Fsp3) is 0.364. The fourth-order valence-electron chi connectivity index (χ4n) is 1.70. The molecule has 0 bridgehead atoms. The zero-order valence-corrected chi connectivity index (χ0v) is 9.19. The Morgan fingerprint density at radius 2 is 2.38 bits per heavy atom. The van der Waals surface area contributed by atoms with E-state index in [1.165, 1.54) is 0 Å². The van der Waals surface area contributed by atoms with Crippen LogP contribution in [0.1, 0.15) is 5.56 Å². The highest BCUT2D eigenvalue weighted by Gasteiger charge is 2.21. The maximum Gasteiger partial charge on any atom is 0.322 e. The van der Waals surface area contributed by atoms with Crippen molar-refractivity contribution in [3.8, 4) is 0 Å². The number of urea groups is 1. The van der Waals surface area contributed by atoms with Crippen molar-refractivity contribution >= 4 is 17.4 Å². The lowest BCUT2D eigenvalue weighted by atomic mass is 10.1. The molecular weight excluding hydrogens is 206 g/mol. The summed E-state index contributed by atoms with van der Waals surface area (Å²) < 4.78 is 4.96. The number of amides is 2. The highest BCUT2D eigenvalue weighted by molar-refractivity contribution is 5.92. The van der Waals surface area contributed by atoms with Gasteiger partial charge in [0.2, 0.25) is 0 Å². The number of hydrogen-bond donors (Lipinski definition) is 2. The predicted octanol–water partition coefficient (Wildman–Crippen LogP) is 1.26. The van der Waals surface area contributed by atoms with Crippen molar-refractivity contribution in [1.82, 2.24) is 4.90 Å². The van der Waals surface area contributed by atoms with Gasteiger partial charge in [0.25, 0.3) is 0 Å². The molecule has 3 N–H and O–H groups in total. The SMILES string of the molecule is COCCN1Cc2ccc(N)cc2NC1=O. The molecule has 1 aromatic carbocycles. The zero-order chi connectivity index (χ0) is 11.5. The number of nitrogens with one attached hydrogen (secondary N) is 1. The third-order valence-corrected chi connectivity index (χ3v) is 2.59. The van der Waals surface area contributed by atoms with Crippen molar-refractivity contribution in [3.63, 3.8) is 0 Å². The number of nitrogens with two attached hydrogens (primary N) is 1. The molecule has 0 saturated carbocycles. The summed E-state index contributed by atoms with van der Waals surface area (Å²) in [6, 6.07) is 5.45. The summed E-state index contributed by atoms with van der Waals surface area (Å²) >= 11 is 0. The minimum Gasteiger partial charge on any atom is -0.399 e. The van der Waals surface area contributed by atoms with E-state index in [2.05, 4.69) is 5.32 Å². The number of anilines is 2. The number of carbonyl (C=O) groups excluding carboxylic acids is 1. The Hall–Kier alpha value is -1.75. The quantitative estimate of drug-likeness (QED) is 0.755. The maximum atomic E-state index is 11.7. The van der Waals surface area contributed by atoms with Crippen LogP contribution < -0.4 is 11.1 Å². The van der Waals surface area contributed by atoms with Crippen molar-refractivity contribution in [1.29, 1.82) is 0 Å². The second-order valence-electron chi connectivity index (χ2n) is 3.76. The highest BCUT2D eigenvalue weighted by Crippen LogP contribution is 2.25. The number of fused-ring (bicyclic) bond motifs is 1. The minimum absolute atomic E-state index is 0.102. The van der Waals surface area contributed by atoms with Gasteiger partial charge in [0, 0.05) is 31.6 Å². The molecule has 1 aliphatic rings. The van der Waals surface area contributed by atoms with E-state index < -0.39 is 0 Å². The first-order chi connectivity index (χ1) is 7.70. The minimum atomic E-state index is -0.102. The standard InChI is InChI=1S/C11H15N3O2/c1-16-5-4-14-7-8-2-3-9(12)6-10(8)13-11(14)15/h2-3,6H,4-5,7,12H2,1H3,(H,13,15). The Labute approximate surface area is 94.2 Å². The number of carbonyl (C=O) groups is 1. The van der Waals surface area contributed by atoms with Gasteiger partial charge in [-0.3, -0.25) is 0 Å². The first-order valence-electron chi connectivity index (χ1n) is 5.14. The normalized spacial score (nSPS) is 14.6. The Morgan fingerprint density at radius 3 is 3.12 bits per heavy atom. The summed E-state index contributed by atoms with van der Waals surface area (Å²) in [4.78, 5) is 13.4. The van der Waals surface area contributed by atoms with Gasteiger partial charge in [-0.15, -0.1) is 0 Å². The van der Waals surface area contributed by atoms with E-state index in [0.717, 1.165) is 11.3 Å². The van der Waals surface area contributed by atoms with E-state index in [0.29, 0.717) is 25.4 Å². The molecule has 0 spiro atoms. The van der Waals surface area contributed by atoms with Crippen molar-refractivity contribution in [3.05, 3.63) is 23.8 Å². The molecule has 5 heteroatoms. The number of hydrogen-bond acceptors (Lipinski definition) is 3. The molecule has 0 aliphatic carbocycles. The number of rotatable bonds is 3. The largest absolute Gasteiger partial charge is 0.399 e. The molecule has 0 unspecified atom stereocenters. The Morgan fingerprint density at radius 1 is 1.56 bits per heavy atom. The number of nitrogen functional groups attached to an aromatic ring is 1. The third kappa shape index (κ3) is 2.09. The molecule has 0 fully saturated rings. The number of methoxy groups -OCH3 is 1. The topological polar surface area (TPSA) is 67.6 Å². The molecule has 86 valence electrons. The van der Waals surface area contributed by atoms with Crippen LogP contribution in [0.25, 0.3) is 0 Å². The van der Waals surface area contributed by atoms with Crippen LogP contribution in [-0.4, -0.2) is 31.2 Å². The lowest BCUT2D eigenvalue weighted by Crippen LogP contribution is -2.40. The Balaban J connectivity index is 2.15. The van der Waals surface area contributed by atoms with E-state index in [1.807, 2.05) is 12.1 Å². The van der Waals surface area contributed by atoms with E-state index in [4.69, 9.17) is 10.5 Å².